The van der Waals surface area contributed by atoms with Gasteiger partial charge in [0.15, 0.2) is 5.65 Å². The molecule has 0 bridgehead atoms. The molecule has 0 saturated heterocycles. The molecular weight excluding hydrogens is 337 g/mol. The summed E-state index contributed by atoms with van der Waals surface area (Å²) in [5.74, 6) is 0.641. The first-order chi connectivity index (χ1) is 11.1. The minimum atomic E-state index is -0.0681. The maximum Gasteiger partial charge on any atom is 0.168 e. The fourth-order valence-corrected chi connectivity index (χ4v) is 2.53. The number of aliphatic hydroxyl groups excluding tert-OH is 1. The van der Waals surface area contributed by atoms with Crippen LogP contribution in [0.5, 0.6) is 0 Å². The molecule has 3 rings (SSSR count). The highest BCUT2D eigenvalue weighted by Crippen LogP contribution is 2.27. The molecule has 2 N–H and O–H groups in total. The van der Waals surface area contributed by atoms with E-state index in [-0.39, 0.29) is 12.6 Å². The molecule has 0 aliphatic heterocycles. The number of halogens is 2. The van der Waals surface area contributed by atoms with Crippen molar-refractivity contribution < 1.29 is 5.11 Å². The molecule has 0 unspecified atom stereocenters. The maximum absolute atomic E-state index is 9.35. The molecule has 8 heteroatoms. The normalized spacial score (nSPS) is 12.5. The first-order valence-electron chi connectivity index (χ1n) is 7.15. The smallest absolute Gasteiger partial charge is 0.168 e. The first-order valence-corrected chi connectivity index (χ1v) is 7.91. The molecule has 23 heavy (non-hydrogen) atoms. The fraction of sp³-hybridized carbons (Fsp3) is 0.267. The summed E-state index contributed by atoms with van der Waals surface area (Å²) in [5, 5.41) is 18.6. The molecular formula is C15H15Cl2N5O. The molecule has 3 aromatic rings. The second kappa shape index (κ2) is 6.70. The molecule has 0 aliphatic rings. The molecule has 6 nitrogen and oxygen atoms in total. The van der Waals surface area contributed by atoms with Gasteiger partial charge < -0.3 is 10.4 Å². The number of aliphatic hydroxyl groups is 1. The van der Waals surface area contributed by atoms with Crippen molar-refractivity contribution in [2.75, 3.05) is 11.9 Å². The minimum absolute atomic E-state index is 0.0307. The Morgan fingerprint density at radius 3 is 2.78 bits per heavy atom. The number of fused-ring (bicyclic) bond motifs is 1. The van der Waals surface area contributed by atoms with Gasteiger partial charge in [0.2, 0.25) is 0 Å². The number of aromatic nitrogens is 4. The number of nitrogens with one attached hydrogen (secondary N) is 1. The third kappa shape index (κ3) is 3.10. The number of nitrogens with zero attached hydrogens (tertiary/aromatic N) is 4. The van der Waals surface area contributed by atoms with E-state index in [4.69, 9.17) is 23.2 Å². The van der Waals surface area contributed by atoms with Crippen molar-refractivity contribution in [3.05, 3.63) is 40.8 Å². The predicted octanol–water partition coefficient (Wildman–Crippen LogP) is 3.31. The van der Waals surface area contributed by atoms with E-state index in [1.165, 1.54) is 6.33 Å². The zero-order valence-electron chi connectivity index (χ0n) is 12.4. The van der Waals surface area contributed by atoms with Crippen molar-refractivity contribution in [1.29, 1.82) is 0 Å². The van der Waals surface area contributed by atoms with Gasteiger partial charge in [-0.05, 0) is 24.6 Å². The quantitative estimate of drug-likeness (QED) is 0.737. The van der Waals surface area contributed by atoms with Gasteiger partial charge in [0.1, 0.15) is 12.1 Å². The Hall–Kier alpha value is -1.89. The lowest BCUT2D eigenvalue weighted by Gasteiger charge is -2.14. The Labute approximate surface area is 143 Å². The fourth-order valence-electron chi connectivity index (χ4n) is 2.24. The summed E-state index contributed by atoms with van der Waals surface area (Å²) in [5.41, 5.74) is 1.40. The van der Waals surface area contributed by atoms with Gasteiger partial charge in [-0.25, -0.2) is 14.6 Å². The van der Waals surface area contributed by atoms with Crippen LogP contribution < -0.4 is 5.32 Å². The summed E-state index contributed by atoms with van der Waals surface area (Å²) in [7, 11) is 0. The standard InChI is InChI=1S/C15H15Cl2N5O/c1-2-9(7-23)21-14-11-6-20-22(15(11)19-8-18-14)10-3-4-12(16)13(17)5-10/h3-6,8-9,23H,2,7H2,1H3,(H,18,19,21)/t9-/m0/s1. The van der Waals surface area contributed by atoms with Crippen LogP contribution in [0.1, 0.15) is 13.3 Å². The van der Waals surface area contributed by atoms with Gasteiger partial charge in [-0.15, -0.1) is 0 Å². The third-order valence-electron chi connectivity index (χ3n) is 3.57. The molecule has 2 heterocycles. The Morgan fingerprint density at radius 2 is 2.09 bits per heavy atom. The zero-order valence-corrected chi connectivity index (χ0v) is 13.9. The predicted molar refractivity (Wildman–Crippen MR) is 91.5 cm³/mol. The Balaban J connectivity index is 2.05. The second-order valence-corrected chi connectivity index (χ2v) is 5.86. The van der Waals surface area contributed by atoms with Crippen molar-refractivity contribution in [3.8, 4) is 5.69 Å². The molecule has 0 spiro atoms. The van der Waals surface area contributed by atoms with Crippen LogP contribution in [-0.2, 0) is 0 Å². The summed E-state index contributed by atoms with van der Waals surface area (Å²) in [6, 6.07) is 5.19. The van der Waals surface area contributed by atoms with Crippen molar-refractivity contribution in [3.63, 3.8) is 0 Å². The summed E-state index contributed by atoms with van der Waals surface area (Å²) in [4.78, 5) is 8.55. The van der Waals surface area contributed by atoms with Gasteiger partial charge in [0.05, 0.1) is 40.0 Å². The van der Waals surface area contributed by atoms with Gasteiger partial charge in [0, 0.05) is 0 Å². The first kappa shape index (κ1) is 16.0. The van der Waals surface area contributed by atoms with Gasteiger partial charge in [-0.1, -0.05) is 30.1 Å². The lowest BCUT2D eigenvalue weighted by Crippen LogP contribution is -2.23. The van der Waals surface area contributed by atoms with Crippen molar-refractivity contribution in [2.45, 2.75) is 19.4 Å². The van der Waals surface area contributed by atoms with Crippen LogP contribution in [0.25, 0.3) is 16.7 Å². The summed E-state index contributed by atoms with van der Waals surface area (Å²) < 4.78 is 1.67. The molecule has 120 valence electrons. The topological polar surface area (TPSA) is 75.9 Å². The lowest BCUT2D eigenvalue weighted by atomic mass is 10.2. The van der Waals surface area contributed by atoms with Crippen LogP contribution in [-0.4, -0.2) is 37.5 Å². The highest BCUT2D eigenvalue weighted by atomic mass is 35.5. The average Bonchev–Trinajstić information content (AvgIpc) is 3.00. The minimum Gasteiger partial charge on any atom is -0.394 e. The van der Waals surface area contributed by atoms with Crippen LogP contribution >= 0.6 is 23.2 Å². The van der Waals surface area contributed by atoms with E-state index in [0.29, 0.717) is 21.5 Å². The number of hydrogen-bond acceptors (Lipinski definition) is 5. The van der Waals surface area contributed by atoms with Crippen molar-refractivity contribution in [2.24, 2.45) is 0 Å². The average molecular weight is 352 g/mol. The van der Waals surface area contributed by atoms with Gasteiger partial charge in [-0.2, -0.15) is 5.10 Å². The van der Waals surface area contributed by atoms with Gasteiger partial charge in [-0.3, -0.25) is 0 Å². The molecule has 0 amide bonds. The molecule has 2 aromatic heterocycles. The maximum atomic E-state index is 9.35. The Kier molecular flexibility index (Phi) is 4.66. The molecule has 1 aromatic carbocycles. The Bertz CT molecular complexity index is 832. The number of anilines is 1. The highest BCUT2D eigenvalue weighted by molar-refractivity contribution is 6.42. The van der Waals surface area contributed by atoms with Gasteiger partial charge in [0.25, 0.3) is 0 Å². The van der Waals surface area contributed by atoms with Crippen molar-refractivity contribution in [1.82, 2.24) is 19.7 Å². The zero-order chi connectivity index (χ0) is 16.4. The molecule has 0 fully saturated rings. The summed E-state index contributed by atoms with van der Waals surface area (Å²) in [6.45, 7) is 2.02. The van der Waals surface area contributed by atoms with Crippen LogP contribution in [0.2, 0.25) is 10.0 Å². The third-order valence-corrected chi connectivity index (χ3v) is 4.31. The molecule has 1 atom stereocenters. The van der Waals surface area contributed by atoms with E-state index in [9.17, 15) is 5.11 Å². The lowest BCUT2D eigenvalue weighted by molar-refractivity contribution is 0.271. The van der Waals surface area contributed by atoms with E-state index >= 15 is 0 Å². The summed E-state index contributed by atoms with van der Waals surface area (Å²) >= 11 is 12.0. The number of benzene rings is 1. The number of hydrogen-bond donors (Lipinski definition) is 2. The van der Waals surface area contributed by atoms with E-state index < -0.39 is 0 Å². The number of rotatable bonds is 5. The molecule has 0 saturated carbocycles. The summed E-state index contributed by atoms with van der Waals surface area (Å²) in [6.07, 6.45) is 3.93. The highest BCUT2D eigenvalue weighted by Gasteiger charge is 2.14. The van der Waals surface area contributed by atoms with Crippen LogP contribution in [0.4, 0.5) is 5.82 Å². The van der Waals surface area contributed by atoms with Crippen LogP contribution in [0.15, 0.2) is 30.7 Å². The van der Waals surface area contributed by atoms with E-state index in [2.05, 4.69) is 20.4 Å². The SMILES string of the molecule is CC[C@@H](CO)Nc1ncnc2c1cnn2-c1ccc(Cl)c(Cl)c1. The van der Waals surface area contributed by atoms with Crippen LogP contribution in [0, 0.1) is 0 Å². The van der Waals surface area contributed by atoms with Crippen molar-refractivity contribution >= 4 is 40.1 Å². The molecule has 0 radical (unpaired) electrons. The van der Waals surface area contributed by atoms with E-state index in [0.717, 1.165) is 17.5 Å². The second-order valence-electron chi connectivity index (χ2n) is 5.05. The molecule has 0 aliphatic carbocycles. The van der Waals surface area contributed by atoms with E-state index in [1.807, 2.05) is 13.0 Å². The largest absolute Gasteiger partial charge is 0.394 e. The van der Waals surface area contributed by atoms with E-state index in [1.54, 1.807) is 23.0 Å². The van der Waals surface area contributed by atoms with Crippen LogP contribution in [0.3, 0.4) is 0 Å². The Morgan fingerprint density at radius 1 is 1.26 bits per heavy atom. The monoisotopic (exact) mass is 351 g/mol. The van der Waals surface area contributed by atoms with Gasteiger partial charge >= 0.3 is 0 Å².